The number of ether oxygens (including phenoxy) is 4. The molecule has 174 valence electrons. The van der Waals surface area contributed by atoms with Gasteiger partial charge >= 0.3 is 0 Å². The number of aryl methyl sites for hydroxylation is 1. The van der Waals surface area contributed by atoms with Crippen LogP contribution in [0.25, 0.3) is 11.3 Å². The van der Waals surface area contributed by atoms with Gasteiger partial charge in [0.15, 0.2) is 11.7 Å². The number of amides is 1. The molecule has 0 bridgehead atoms. The second kappa shape index (κ2) is 10.7. The fourth-order valence-corrected chi connectivity index (χ4v) is 4.59. The van der Waals surface area contributed by atoms with Gasteiger partial charge in [0.2, 0.25) is 0 Å². The number of anilines is 1. The smallest absolute Gasteiger partial charge is 0.266 e. The molecule has 0 saturated carbocycles. The Morgan fingerprint density at radius 3 is 2.76 bits per heavy atom. The SMILES string of the molecule is COc1ccc(OC)c(-c2csc(N(CC3CCCO3)C(=O)COc3ccccc3C)n2)c1. The molecule has 4 rings (SSSR count). The minimum Gasteiger partial charge on any atom is -0.497 e. The molecule has 8 heteroatoms. The lowest BCUT2D eigenvalue weighted by molar-refractivity contribution is -0.120. The lowest BCUT2D eigenvalue weighted by Crippen LogP contribution is -2.40. The molecule has 1 atom stereocenters. The Balaban J connectivity index is 1.58. The average molecular weight is 469 g/mol. The highest BCUT2D eigenvalue weighted by Crippen LogP contribution is 2.36. The summed E-state index contributed by atoms with van der Waals surface area (Å²) >= 11 is 1.41. The van der Waals surface area contributed by atoms with Crippen LogP contribution in [0.15, 0.2) is 47.8 Å². The summed E-state index contributed by atoms with van der Waals surface area (Å²) in [6.45, 7) is 3.04. The zero-order chi connectivity index (χ0) is 23.2. The third kappa shape index (κ3) is 5.46. The van der Waals surface area contributed by atoms with Crippen molar-refractivity contribution in [3.63, 3.8) is 0 Å². The highest BCUT2D eigenvalue weighted by atomic mass is 32.1. The molecule has 2 heterocycles. The molecule has 1 unspecified atom stereocenters. The number of rotatable bonds is 9. The van der Waals surface area contributed by atoms with Crippen molar-refractivity contribution in [3.8, 4) is 28.5 Å². The summed E-state index contributed by atoms with van der Waals surface area (Å²) in [4.78, 5) is 19.7. The number of carbonyl (C=O) groups is 1. The minimum atomic E-state index is -0.160. The van der Waals surface area contributed by atoms with Crippen molar-refractivity contribution >= 4 is 22.4 Å². The van der Waals surface area contributed by atoms with Crippen LogP contribution in [0.3, 0.4) is 0 Å². The summed E-state index contributed by atoms with van der Waals surface area (Å²) in [6, 6.07) is 13.2. The van der Waals surface area contributed by atoms with Crippen LogP contribution in [0.2, 0.25) is 0 Å². The van der Waals surface area contributed by atoms with Crippen molar-refractivity contribution in [1.29, 1.82) is 0 Å². The molecule has 1 amide bonds. The van der Waals surface area contributed by atoms with Gasteiger partial charge in [0, 0.05) is 17.6 Å². The van der Waals surface area contributed by atoms with Crippen molar-refractivity contribution in [2.45, 2.75) is 25.9 Å². The van der Waals surface area contributed by atoms with Gasteiger partial charge in [0.05, 0.1) is 32.6 Å². The van der Waals surface area contributed by atoms with E-state index < -0.39 is 0 Å². The second-order valence-corrected chi connectivity index (χ2v) is 8.61. The molecule has 0 radical (unpaired) electrons. The van der Waals surface area contributed by atoms with Crippen molar-refractivity contribution in [1.82, 2.24) is 4.98 Å². The summed E-state index contributed by atoms with van der Waals surface area (Å²) < 4.78 is 22.5. The molecule has 1 aliphatic heterocycles. The van der Waals surface area contributed by atoms with Gasteiger partial charge in [-0.25, -0.2) is 4.98 Å². The summed E-state index contributed by atoms with van der Waals surface area (Å²) in [5.41, 5.74) is 2.51. The van der Waals surface area contributed by atoms with E-state index in [0.717, 1.165) is 36.3 Å². The van der Waals surface area contributed by atoms with Gasteiger partial charge in [-0.15, -0.1) is 11.3 Å². The van der Waals surface area contributed by atoms with E-state index in [1.54, 1.807) is 19.1 Å². The van der Waals surface area contributed by atoms with Gasteiger partial charge in [-0.05, 0) is 49.6 Å². The largest absolute Gasteiger partial charge is 0.497 e. The molecular weight excluding hydrogens is 440 g/mol. The summed E-state index contributed by atoms with van der Waals surface area (Å²) in [5, 5.41) is 2.52. The number of nitrogens with zero attached hydrogens (tertiary/aromatic N) is 2. The molecule has 0 spiro atoms. The molecule has 1 aromatic heterocycles. The van der Waals surface area contributed by atoms with Gasteiger partial charge in [0.1, 0.15) is 17.2 Å². The van der Waals surface area contributed by atoms with Gasteiger partial charge in [-0.3, -0.25) is 9.69 Å². The summed E-state index contributed by atoms with van der Waals surface area (Å²) in [7, 11) is 3.24. The van der Waals surface area contributed by atoms with E-state index in [2.05, 4.69) is 0 Å². The quantitative estimate of drug-likeness (QED) is 0.452. The molecular formula is C25H28N2O5S. The first-order valence-electron chi connectivity index (χ1n) is 10.9. The number of aromatic nitrogens is 1. The zero-order valence-electron chi connectivity index (χ0n) is 19.1. The summed E-state index contributed by atoms with van der Waals surface area (Å²) in [6.07, 6.45) is 1.91. The Morgan fingerprint density at radius 2 is 2.03 bits per heavy atom. The monoisotopic (exact) mass is 468 g/mol. The molecule has 3 aromatic rings. The van der Waals surface area contributed by atoms with Crippen LogP contribution in [-0.4, -0.2) is 51.0 Å². The van der Waals surface area contributed by atoms with Crippen LogP contribution in [-0.2, 0) is 9.53 Å². The van der Waals surface area contributed by atoms with E-state index in [9.17, 15) is 4.79 Å². The topological polar surface area (TPSA) is 70.1 Å². The third-order valence-corrected chi connectivity index (χ3v) is 6.43. The summed E-state index contributed by atoms with van der Waals surface area (Å²) in [5.74, 6) is 1.93. The fourth-order valence-electron chi connectivity index (χ4n) is 3.74. The van der Waals surface area contributed by atoms with Crippen molar-refractivity contribution in [2.24, 2.45) is 0 Å². The van der Waals surface area contributed by atoms with Crippen LogP contribution in [0.5, 0.6) is 17.2 Å². The Morgan fingerprint density at radius 1 is 1.18 bits per heavy atom. The van der Waals surface area contributed by atoms with Gasteiger partial charge < -0.3 is 18.9 Å². The molecule has 33 heavy (non-hydrogen) atoms. The maximum atomic E-state index is 13.3. The van der Waals surface area contributed by atoms with Crippen LogP contribution >= 0.6 is 11.3 Å². The molecule has 0 N–H and O–H groups in total. The number of carbonyl (C=O) groups excluding carboxylic acids is 1. The van der Waals surface area contributed by atoms with Gasteiger partial charge in [-0.1, -0.05) is 18.2 Å². The van der Waals surface area contributed by atoms with Crippen LogP contribution in [0.4, 0.5) is 5.13 Å². The predicted octanol–water partition coefficient (Wildman–Crippen LogP) is 4.73. The average Bonchev–Trinajstić information content (AvgIpc) is 3.53. The first kappa shape index (κ1) is 23.1. The van der Waals surface area contributed by atoms with Crippen molar-refractivity contribution in [2.75, 3.05) is 38.9 Å². The standard InChI is InChI=1S/C25H28N2O5S/c1-17-7-4-5-9-22(17)32-15-24(28)27(14-19-8-6-12-31-19)25-26-21(16-33-25)20-13-18(29-2)10-11-23(20)30-3/h4-5,7,9-11,13,16,19H,6,8,12,14-15H2,1-3H3. The van der Waals surface area contributed by atoms with Crippen LogP contribution in [0.1, 0.15) is 18.4 Å². The Bertz CT molecular complexity index is 1090. The lowest BCUT2D eigenvalue weighted by atomic mass is 10.1. The van der Waals surface area contributed by atoms with E-state index >= 15 is 0 Å². The number of para-hydroxylation sites is 1. The zero-order valence-corrected chi connectivity index (χ0v) is 19.9. The molecule has 1 saturated heterocycles. The van der Waals surface area contributed by atoms with E-state index in [0.29, 0.717) is 28.9 Å². The van der Waals surface area contributed by atoms with Crippen molar-refractivity contribution < 1.29 is 23.7 Å². The molecule has 1 aliphatic rings. The number of hydrogen-bond acceptors (Lipinski definition) is 7. The maximum Gasteiger partial charge on any atom is 0.266 e. The normalized spacial score (nSPS) is 15.3. The minimum absolute atomic E-state index is 0.00823. The molecule has 2 aromatic carbocycles. The van der Waals surface area contributed by atoms with Crippen molar-refractivity contribution in [3.05, 3.63) is 53.4 Å². The second-order valence-electron chi connectivity index (χ2n) is 7.78. The first-order chi connectivity index (χ1) is 16.1. The van der Waals surface area contributed by atoms with Gasteiger partial charge in [0.25, 0.3) is 5.91 Å². The molecule has 7 nitrogen and oxygen atoms in total. The van der Waals surface area contributed by atoms with E-state index in [-0.39, 0.29) is 18.6 Å². The fraction of sp³-hybridized carbons (Fsp3) is 0.360. The number of hydrogen-bond donors (Lipinski definition) is 0. The van der Waals surface area contributed by atoms with E-state index in [1.807, 2.05) is 54.8 Å². The van der Waals surface area contributed by atoms with E-state index in [4.69, 9.17) is 23.9 Å². The Hall–Kier alpha value is -3.10. The number of methoxy groups -OCH3 is 2. The highest BCUT2D eigenvalue weighted by Gasteiger charge is 2.27. The number of benzene rings is 2. The van der Waals surface area contributed by atoms with Crippen LogP contribution in [0, 0.1) is 6.92 Å². The van der Waals surface area contributed by atoms with E-state index in [1.165, 1.54) is 11.3 Å². The first-order valence-corrected chi connectivity index (χ1v) is 11.8. The predicted molar refractivity (Wildman–Crippen MR) is 129 cm³/mol. The maximum absolute atomic E-state index is 13.3. The Labute approximate surface area is 197 Å². The lowest BCUT2D eigenvalue weighted by Gasteiger charge is -2.23. The van der Waals surface area contributed by atoms with Gasteiger partial charge in [-0.2, -0.15) is 0 Å². The highest BCUT2D eigenvalue weighted by molar-refractivity contribution is 7.14. The van der Waals surface area contributed by atoms with Crippen LogP contribution < -0.4 is 19.1 Å². The Kier molecular flexibility index (Phi) is 7.47. The molecule has 1 fully saturated rings. The number of thiazole rings is 1. The third-order valence-electron chi connectivity index (χ3n) is 5.56. The molecule has 0 aliphatic carbocycles.